The molecule has 0 saturated heterocycles. The average Bonchev–Trinajstić information content (AvgIpc) is 2.97. The van der Waals surface area contributed by atoms with Crippen LogP contribution in [0.2, 0.25) is 0 Å². The molecule has 0 aliphatic heterocycles. The van der Waals surface area contributed by atoms with Gasteiger partial charge in [-0.25, -0.2) is 4.39 Å². The molecule has 1 aromatic rings. The van der Waals surface area contributed by atoms with Gasteiger partial charge in [-0.15, -0.1) is 0 Å². The Morgan fingerprint density at radius 3 is 2.71 bits per heavy atom. The molecule has 0 spiro atoms. The third-order valence-corrected chi connectivity index (χ3v) is 2.81. The number of nitrogens with zero attached hydrogens (tertiary/aromatic N) is 1. The molecule has 1 atom stereocenters. The third-order valence-electron chi connectivity index (χ3n) is 2.81. The van der Waals surface area contributed by atoms with Gasteiger partial charge in [0, 0.05) is 6.04 Å². The van der Waals surface area contributed by atoms with Gasteiger partial charge in [-0.05, 0) is 30.5 Å². The highest BCUT2D eigenvalue weighted by Crippen LogP contribution is 2.53. The minimum absolute atomic E-state index is 0.299. The van der Waals surface area contributed by atoms with Crippen molar-refractivity contribution in [3.8, 4) is 6.07 Å². The first-order valence-electron chi connectivity index (χ1n) is 4.60. The Hall–Kier alpha value is -1.40. The van der Waals surface area contributed by atoms with Gasteiger partial charge in [-0.1, -0.05) is 12.1 Å². The first kappa shape index (κ1) is 9.17. The van der Waals surface area contributed by atoms with Crippen molar-refractivity contribution in [2.75, 3.05) is 0 Å². The summed E-state index contributed by atoms with van der Waals surface area (Å²) in [6.45, 7) is 0. The van der Waals surface area contributed by atoms with Crippen LogP contribution >= 0.6 is 0 Å². The second-order valence-electron chi connectivity index (χ2n) is 3.80. The predicted molar refractivity (Wildman–Crippen MR) is 50.6 cm³/mol. The molecule has 14 heavy (non-hydrogen) atoms. The van der Waals surface area contributed by atoms with Gasteiger partial charge in [0.15, 0.2) is 0 Å². The van der Waals surface area contributed by atoms with Gasteiger partial charge < -0.3 is 5.73 Å². The topological polar surface area (TPSA) is 49.8 Å². The summed E-state index contributed by atoms with van der Waals surface area (Å²) in [4.78, 5) is 0. The first-order valence-corrected chi connectivity index (χ1v) is 4.60. The lowest BCUT2D eigenvalue weighted by Gasteiger charge is -2.16. The summed E-state index contributed by atoms with van der Waals surface area (Å²) < 4.78 is 12.9. The van der Waals surface area contributed by atoms with Crippen molar-refractivity contribution in [1.82, 2.24) is 0 Å². The smallest absolute Gasteiger partial charge is 0.123 e. The minimum Gasteiger partial charge on any atom is -0.323 e. The highest BCUT2D eigenvalue weighted by molar-refractivity contribution is 5.28. The normalized spacial score (nSPS) is 19.8. The summed E-state index contributed by atoms with van der Waals surface area (Å²) >= 11 is 0. The standard InChI is InChI=1S/C11H11FN2/c12-9-3-1-2-8(6-9)10(14)11(7-13)4-5-11/h1-3,6,10H,4-5,14H2. The zero-order valence-electron chi connectivity index (χ0n) is 7.70. The summed E-state index contributed by atoms with van der Waals surface area (Å²) in [6.07, 6.45) is 1.64. The van der Waals surface area contributed by atoms with E-state index in [9.17, 15) is 4.39 Å². The van der Waals surface area contributed by atoms with Crippen LogP contribution < -0.4 is 5.73 Å². The van der Waals surface area contributed by atoms with Crippen molar-refractivity contribution in [3.63, 3.8) is 0 Å². The Morgan fingerprint density at radius 1 is 1.50 bits per heavy atom. The molecule has 1 aliphatic carbocycles. The number of benzene rings is 1. The summed E-state index contributed by atoms with van der Waals surface area (Å²) in [7, 11) is 0. The molecule has 0 heterocycles. The number of hydrogen-bond acceptors (Lipinski definition) is 2. The van der Waals surface area contributed by atoms with Crippen molar-refractivity contribution >= 4 is 0 Å². The van der Waals surface area contributed by atoms with E-state index in [0.717, 1.165) is 12.8 Å². The average molecular weight is 190 g/mol. The van der Waals surface area contributed by atoms with Crippen molar-refractivity contribution < 1.29 is 4.39 Å². The molecule has 3 heteroatoms. The molecule has 1 unspecified atom stereocenters. The number of halogens is 1. The number of hydrogen-bond donors (Lipinski definition) is 1. The van der Waals surface area contributed by atoms with Gasteiger partial charge >= 0.3 is 0 Å². The SMILES string of the molecule is N#CC1(C(N)c2cccc(F)c2)CC1. The van der Waals surface area contributed by atoms with E-state index in [1.54, 1.807) is 12.1 Å². The van der Waals surface area contributed by atoms with Crippen LogP contribution in [0.25, 0.3) is 0 Å². The monoisotopic (exact) mass is 190 g/mol. The van der Waals surface area contributed by atoms with E-state index in [1.807, 2.05) is 0 Å². The van der Waals surface area contributed by atoms with E-state index in [1.165, 1.54) is 12.1 Å². The van der Waals surface area contributed by atoms with Gasteiger partial charge in [0.1, 0.15) is 5.82 Å². The van der Waals surface area contributed by atoms with Gasteiger partial charge in [-0.2, -0.15) is 5.26 Å². The summed E-state index contributed by atoms with van der Waals surface area (Å²) in [5, 5.41) is 8.93. The molecule has 1 fully saturated rings. The van der Waals surface area contributed by atoms with Crippen LogP contribution in [0.15, 0.2) is 24.3 Å². The fraction of sp³-hybridized carbons (Fsp3) is 0.364. The van der Waals surface area contributed by atoms with Gasteiger partial charge in [0.2, 0.25) is 0 Å². The molecule has 1 aromatic carbocycles. The van der Waals surface area contributed by atoms with Crippen molar-refractivity contribution in [2.24, 2.45) is 11.1 Å². The van der Waals surface area contributed by atoms with E-state index in [0.29, 0.717) is 5.56 Å². The Labute approximate surface area is 82.1 Å². The number of rotatable bonds is 2. The van der Waals surface area contributed by atoms with Crippen LogP contribution in [-0.2, 0) is 0 Å². The highest BCUT2D eigenvalue weighted by atomic mass is 19.1. The number of nitriles is 1. The molecule has 1 saturated carbocycles. The Morgan fingerprint density at radius 2 is 2.21 bits per heavy atom. The second kappa shape index (κ2) is 3.07. The Balaban J connectivity index is 2.28. The molecule has 0 amide bonds. The maximum Gasteiger partial charge on any atom is 0.123 e. The van der Waals surface area contributed by atoms with E-state index in [4.69, 9.17) is 11.0 Å². The molecular formula is C11H11FN2. The lowest BCUT2D eigenvalue weighted by atomic mass is 9.92. The first-order chi connectivity index (χ1) is 6.68. The lowest BCUT2D eigenvalue weighted by molar-refractivity contribution is 0.514. The van der Waals surface area contributed by atoms with Crippen LogP contribution in [0.3, 0.4) is 0 Å². The van der Waals surface area contributed by atoms with Crippen LogP contribution in [0.4, 0.5) is 4.39 Å². The molecule has 1 aliphatic rings. The van der Waals surface area contributed by atoms with Crippen LogP contribution in [0, 0.1) is 22.6 Å². The number of nitrogens with two attached hydrogens (primary N) is 1. The molecule has 2 N–H and O–H groups in total. The lowest BCUT2D eigenvalue weighted by Crippen LogP contribution is -2.21. The molecule has 72 valence electrons. The van der Waals surface area contributed by atoms with Crippen molar-refractivity contribution in [2.45, 2.75) is 18.9 Å². The Kier molecular flexibility index (Phi) is 2.01. The van der Waals surface area contributed by atoms with E-state index >= 15 is 0 Å². The second-order valence-corrected chi connectivity index (χ2v) is 3.80. The zero-order chi connectivity index (χ0) is 10.2. The molecule has 0 bridgehead atoms. The van der Waals surface area contributed by atoms with Crippen LogP contribution in [0.1, 0.15) is 24.4 Å². The van der Waals surface area contributed by atoms with E-state index in [2.05, 4.69) is 6.07 Å². The van der Waals surface area contributed by atoms with Crippen LogP contribution in [0.5, 0.6) is 0 Å². The third kappa shape index (κ3) is 1.38. The fourth-order valence-electron chi connectivity index (χ4n) is 1.65. The summed E-state index contributed by atoms with van der Waals surface area (Å²) in [6, 6.07) is 8.04. The highest BCUT2D eigenvalue weighted by Gasteiger charge is 2.49. The Bertz CT molecular complexity index is 391. The largest absolute Gasteiger partial charge is 0.323 e. The van der Waals surface area contributed by atoms with Gasteiger partial charge in [0.25, 0.3) is 0 Å². The summed E-state index contributed by atoms with van der Waals surface area (Å²) in [5.74, 6) is -0.299. The van der Waals surface area contributed by atoms with E-state index < -0.39 is 5.41 Å². The molecule has 2 nitrogen and oxygen atoms in total. The summed E-state index contributed by atoms with van der Waals surface area (Å²) in [5.41, 5.74) is 6.20. The molecule has 0 radical (unpaired) electrons. The quantitative estimate of drug-likeness (QED) is 0.776. The molecule has 0 aromatic heterocycles. The van der Waals surface area contributed by atoms with Gasteiger partial charge in [-0.3, -0.25) is 0 Å². The molecular weight excluding hydrogens is 179 g/mol. The maximum absolute atomic E-state index is 12.9. The van der Waals surface area contributed by atoms with Crippen LogP contribution in [-0.4, -0.2) is 0 Å². The van der Waals surface area contributed by atoms with Gasteiger partial charge in [0.05, 0.1) is 11.5 Å². The van der Waals surface area contributed by atoms with Crippen molar-refractivity contribution in [3.05, 3.63) is 35.6 Å². The maximum atomic E-state index is 12.9. The fourth-order valence-corrected chi connectivity index (χ4v) is 1.65. The van der Waals surface area contributed by atoms with Crippen molar-refractivity contribution in [1.29, 1.82) is 5.26 Å². The zero-order valence-corrected chi connectivity index (χ0v) is 7.70. The minimum atomic E-state index is -0.437. The molecule has 2 rings (SSSR count). The van der Waals surface area contributed by atoms with E-state index in [-0.39, 0.29) is 11.9 Å². The predicted octanol–water partition coefficient (Wildman–Crippen LogP) is 2.13.